The van der Waals surface area contributed by atoms with Crippen LogP contribution < -0.4 is 24.8 Å². The lowest BCUT2D eigenvalue weighted by Gasteiger charge is -2.42. The van der Waals surface area contributed by atoms with E-state index in [-0.39, 0.29) is 16.2 Å². The first-order valence-electron chi connectivity index (χ1n) is 28.4. The van der Waals surface area contributed by atoms with Crippen LogP contribution in [0.4, 0.5) is 34.1 Å². The largest absolute Gasteiger partial charge is 0.310 e. The number of rotatable bonds is 2. The Labute approximate surface area is 498 Å². The molecule has 0 aliphatic carbocycles. The van der Waals surface area contributed by atoms with Crippen molar-refractivity contribution in [1.29, 1.82) is 0 Å². The molecule has 10 heterocycles. The molecule has 19 rings (SSSR count). The van der Waals surface area contributed by atoms with Gasteiger partial charge in [0.25, 0.3) is 6.71 Å². The molecule has 0 saturated carbocycles. The molecule has 0 saturated heterocycles. The standard InChI is InChI=1S/C73H51BN2S6/c1-40-26-55-67-56(27-40)76-52-31-46(62-35-42-15-7-11-19-58(42)78-62)29-48(33-52)66-37-44-17-9-13-21-64(44)82(66)73(4,5)50-23-25-60-54(39-50)69(76)71(80-60)74(67)70-68-53-38-49(22-24-59(53)79-70)72(2,3)81-63-20-12-8-16-43(63)36-65(81)47-28-45(30-51(32-47)75(55)68)61-34-41-14-6-10-18-57(41)77-61/h6-39,81-82H,1-5H3. The van der Waals surface area contributed by atoms with Crippen molar-refractivity contribution < 1.29 is 0 Å². The van der Waals surface area contributed by atoms with Crippen molar-refractivity contribution in [1.82, 2.24) is 0 Å². The zero-order valence-electron chi connectivity index (χ0n) is 45.6. The lowest BCUT2D eigenvalue weighted by atomic mass is 9.39. The lowest BCUT2D eigenvalue weighted by Crippen LogP contribution is -2.59. The van der Waals surface area contributed by atoms with Gasteiger partial charge in [-0.2, -0.15) is 21.8 Å². The Morgan fingerprint density at radius 3 is 1.33 bits per heavy atom. The van der Waals surface area contributed by atoms with Gasteiger partial charge >= 0.3 is 0 Å². The summed E-state index contributed by atoms with van der Waals surface area (Å²) >= 11 is 7.89. The number of thiophene rings is 4. The zero-order valence-corrected chi connectivity index (χ0v) is 50.7. The number of hydrogen-bond donors (Lipinski definition) is 2. The average molecular weight is 1160 g/mol. The van der Waals surface area contributed by atoms with E-state index in [0.29, 0.717) is 0 Å². The number of hydrogen-bond acceptors (Lipinski definition) is 6. The van der Waals surface area contributed by atoms with Crippen molar-refractivity contribution >= 4 is 185 Å². The fraction of sp³-hybridized carbons (Fsp3) is 0.0959. The number of fused-ring (bicyclic) bond motifs is 22. The van der Waals surface area contributed by atoms with Gasteiger partial charge in [0.15, 0.2) is 0 Å². The highest BCUT2D eigenvalue weighted by molar-refractivity contribution is 8.26. The topological polar surface area (TPSA) is 6.48 Å². The van der Waals surface area contributed by atoms with Gasteiger partial charge in [-0.05, 0) is 232 Å². The first-order valence-corrected chi connectivity index (χ1v) is 34.3. The van der Waals surface area contributed by atoms with E-state index >= 15 is 0 Å². The summed E-state index contributed by atoms with van der Waals surface area (Å²) in [5, 5.41) is 5.30. The molecule has 6 aliphatic rings. The van der Waals surface area contributed by atoms with Gasteiger partial charge in [0.05, 0.1) is 11.4 Å². The van der Waals surface area contributed by atoms with Crippen molar-refractivity contribution in [3.8, 4) is 20.9 Å². The second-order valence-corrected chi connectivity index (χ2v) is 34.0. The van der Waals surface area contributed by atoms with Crippen LogP contribution in [0, 0.1) is 6.92 Å². The normalized spacial score (nSPS) is 18.7. The lowest BCUT2D eigenvalue weighted by molar-refractivity contribution is 0.779. The summed E-state index contributed by atoms with van der Waals surface area (Å²) in [6, 6.07) is 76.7. The van der Waals surface area contributed by atoms with Gasteiger partial charge in [-0.1, -0.05) is 84.9 Å². The maximum Gasteiger partial charge on any atom is 0.277 e. The SMILES string of the molecule is Cc1cc2c3c(c1)N1c4cc(cc(-c5cc6ccccc6s5)c4)C4=Cc5ccccc5[SH]4C(C)(C)c4ccc5sc(c1c5c4)B3c1sc3ccc4cc3c1N2c1cc(cc(-c2cc3ccccc3s2)c1)C1=Cc2ccccc2[SH]1C4(C)C. The Hall–Kier alpha value is -7.34. The van der Waals surface area contributed by atoms with E-state index in [9.17, 15) is 0 Å². The molecule has 2 unspecified atom stereocenters. The van der Waals surface area contributed by atoms with E-state index < -0.39 is 21.8 Å². The molecule has 9 aromatic carbocycles. The van der Waals surface area contributed by atoms with E-state index in [2.05, 4.69) is 251 Å². The van der Waals surface area contributed by atoms with Gasteiger partial charge in [-0.15, -0.1) is 45.3 Å². The Balaban J connectivity index is 0.934. The molecule has 392 valence electrons. The van der Waals surface area contributed by atoms with Crippen molar-refractivity contribution in [2.75, 3.05) is 9.80 Å². The average Bonchev–Trinajstić information content (AvgIpc) is 2.36. The number of aryl methyl sites for hydroxylation is 1. The van der Waals surface area contributed by atoms with Crippen LogP contribution >= 0.6 is 67.1 Å². The quantitative estimate of drug-likeness (QED) is 0.132. The Kier molecular flexibility index (Phi) is 9.48. The van der Waals surface area contributed by atoms with Gasteiger partial charge in [-0.3, -0.25) is 0 Å². The maximum atomic E-state index is 2.74. The molecular weight excluding hydrogens is 1110 g/mol. The highest BCUT2D eigenvalue weighted by atomic mass is 32.2. The highest BCUT2D eigenvalue weighted by Crippen LogP contribution is 2.70. The minimum Gasteiger partial charge on any atom is -0.310 e. The summed E-state index contributed by atoms with van der Waals surface area (Å²) < 4.78 is 7.86. The smallest absolute Gasteiger partial charge is 0.277 e. The van der Waals surface area contributed by atoms with Gasteiger partial charge in [0, 0.05) is 90.9 Å². The van der Waals surface area contributed by atoms with E-state index in [1.54, 1.807) is 0 Å². The summed E-state index contributed by atoms with van der Waals surface area (Å²) in [5.41, 5.74) is 21.0. The summed E-state index contributed by atoms with van der Waals surface area (Å²) in [6.07, 6.45) is 5.09. The summed E-state index contributed by atoms with van der Waals surface area (Å²) in [5.74, 6) is 0. The zero-order chi connectivity index (χ0) is 54.2. The van der Waals surface area contributed by atoms with Crippen LogP contribution in [0.25, 0.3) is 83.2 Å². The van der Waals surface area contributed by atoms with Crippen molar-refractivity contribution in [2.24, 2.45) is 0 Å². The number of benzene rings is 9. The van der Waals surface area contributed by atoms with Gasteiger partial charge < -0.3 is 9.80 Å². The number of anilines is 6. The third-order valence-electron chi connectivity index (χ3n) is 18.7. The highest BCUT2D eigenvalue weighted by Gasteiger charge is 2.49. The predicted octanol–water partition coefficient (Wildman–Crippen LogP) is 20.5. The minimum atomic E-state index is -0.815. The first kappa shape index (κ1) is 47.2. The van der Waals surface area contributed by atoms with Gasteiger partial charge in [-0.25, -0.2) is 0 Å². The predicted molar refractivity (Wildman–Crippen MR) is 367 cm³/mol. The maximum absolute atomic E-state index is 2.74. The van der Waals surface area contributed by atoms with Crippen LogP contribution in [0.2, 0.25) is 0 Å². The molecule has 0 fully saturated rings. The molecular formula is C73H51BN2S6. The molecule has 4 aromatic heterocycles. The van der Waals surface area contributed by atoms with Crippen LogP contribution in [-0.4, -0.2) is 6.71 Å². The molecule has 8 bridgehead atoms. The Morgan fingerprint density at radius 1 is 0.415 bits per heavy atom. The van der Waals surface area contributed by atoms with Crippen LogP contribution in [0.1, 0.15) is 66.6 Å². The van der Waals surface area contributed by atoms with Gasteiger partial charge in [0.2, 0.25) is 0 Å². The molecule has 0 amide bonds. The van der Waals surface area contributed by atoms with Crippen LogP contribution in [0.15, 0.2) is 204 Å². The van der Waals surface area contributed by atoms with E-state index in [1.807, 2.05) is 45.3 Å². The Morgan fingerprint density at radius 2 is 0.854 bits per heavy atom. The fourth-order valence-electron chi connectivity index (χ4n) is 14.9. The summed E-state index contributed by atoms with van der Waals surface area (Å²) in [4.78, 5) is 13.9. The van der Waals surface area contributed by atoms with E-state index in [1.165, 1.54) is 169 Å². The van der Waals surface area contributed by atoms with Crippen LogP contribution in [0.5, 0.6) is 0 Å². The van der Waals surface area contributed by atoms with Crippen molar-refractivity contribution in [2.45, 2.75) is 53.9 Å². The van der Waals surface area contributed by atoms with Crippen LogP contribution in [-0.2, 0) is 9.49 Å². The first-order chi connectivity index (χ1) is 40.0. The van der Waals surface area contributed by atoms with Crippen molar-refractivity contribution in [3.63, 3.8) is 0 Å². The molecule has 0 N–H and O–H groups in total. The molecule has 2 atom stereocenters. The molecule has 9 heteroatoms. The third-order valence-corrected chi connectivity index (χ3v) is 29.8. The number of nitrogens with zero attached hydrogens (tertiary/aromatic N) is 2. The second-order valence-electron chi connectivity index (χ2n) is 24.2. The van der Waals surface area contributed by atoms with Crippen molar-refractivity contribution in [3.05, 3.63) is 233 Å². The van der Waals surface area contributed by atoms with E-state index in [0.717, 1.165) is 0 Å². The monoisotopic (exact) mass is 1160 g/mol. The fourth-order valence-corrected chi connectivity index (χ4v) is 26.0. The Bertz CT molecular complexity index is 4760. The molecule has 82 heavy (non-hydrogen) atoms. The molecule has 2 nitrogen and oxygen atoms in total. The van der Waals surface area contributed by atoms with E-state index in [4.69, 9.17) is 0 Å². The molecule has 0 spiro atoms. The third kappa shape index (κ3) is 6.34. The number of thiol groups is 2. The molecule has 0 radical (unpaired) electrons. The molecule has 13 aromatic rings. The van der Waals surface area contributed by atoms with Gasteiger partial charge in [0.1, 0.15) is 0 Å². The second kappa shape index (κ2) is 16.5. The summed E-state index contributed by atoms with van der Waals surface area (Å²) in [6.45, 7) is 12.5. The summed E-state index contributed by atoms with van der Waals surface area (Å²) in [7, 11) is -1.63. The van der Waals surface area contributed by atoms with Crippen LogP contribution in [0.3, 0.4) is 0 Å². The molecule has 6 aliphatic heterocycles. The minimum absolute atomic E-state index is 0.0215.